The van der Waals surface area contributed by atoms with Crippen LogP contribution in [-0.2, 0) is 9.53 Å². The van der Waals surface area contributed by atoms with E-state index in [9.17, 15) is 4.79 Å². The van der Waals surface area contributed by atoms with E-state index in [1.165, 1.54) is 0 Å². The Morgan fingerprint density at radius 3 is 2.79 bits per heavy atom. The third-order valence-corrected chi connectivity index (χ3v) is 2.50. The van der Waals surface area contributed by atoms with Crippen LogP contribution in [0.4, 0.5) is 11.4 Å². The molecule has 0 fully saturated rings. The molecular weight excluding hydrogens is 244 g/mol. The largest absolute Gasteiger partial charge is 0.494 e. The average molecular weight is 266 g/mol. The molecule has 1 aromatic carbocycles. The summed E-state index contributed by atoms with van der Waals surface area (Å²) in [5.41, 5.74) is 6.88. The summed E-state index contributed by atoms with van der Waals surface area (Å²) in [5, 5.41) is 2.80. The first-order valence-electron chi connectivity index (χ1n) is 6.38. The van der Waals surface area contributed by atoms with Crippen LogP contribution in [0.2, 0.25) is 0 Å². The maximum Gasteiger partial charge on any atom is 0.224 e. The predicted molar refractivity (Wildman–Crippen MR) is 76.4 cm³/mol. The van der Waals surface area contributed by atoms with E-state index >= 15 is 0 Å². The van der Waals surface area contributed by atoms with E-state index in [0.29, 0.717) is 36.6 Å². The Hall–Kier alpha value is -1.75. The molecule has 0 aliphatic carbocycles. The van der Waals surface area contributed by atoms with Gasteiger partial charge in [-0.1, -0.05) is 0 Å². The second-order valence-corrected chi connectivity index (χ2v) is 4.53. The van der Waals surface area contributed by atoms with Crippen LogP contribution in [0, 0.1) is 0 Å². The molecule has 0 heterocycles. The SMILES string of the molecule is COc1cc(N)ccc1NC(=O)CCCOC(C)C. The number of rotatable bonds is 7. The molecular formula is C14H22N2O3. The summed E-state index contributed by atoms with van der Waals surface area (Å²) >= 11 is 0. The van der Waals surface area contributed by atoms with Crippen molar-refractivity contribution in [2.75, 3.05) is 24.8 Å². The van der Waals surface area contributed by atoms with Gasteiger partial charge in [-0.25, -0.2) is 0 Å². The first-order chi connectivity index (χ1) is 9.02. The molecule has 5 nitrogen and oxygen atoms in total. The Balaban J connectivity index is 2.44. The first kappa shape index (κ1) is 15.3. The number of carbonyl (C=O) groups is 1. The summed E-state index contributed by atoms with van der Waals surface area (Å²) in [6.45, 7) is 4.53. The number of anilines is 2. The molecule has 0 spiro atoms. The van der Waals surface area contributed by atoms with Crippen LogP contribution in [0.1, 0.15) is 26.7 Å². The van der Waals surface area contributed by atoms with Crippen molar-refractivity contribution in [3.63, 3.8) is 0 Å². The molecule has 106 valence electrons. The van der Waals surface area contributed by atoms with Gasteiger partial charge in [0.15, 0.2) is 0 Å². The zero-order valence-electron chi connectivity index (χ0n) is 11.7. The van der Waals surface area contributed by atoms with Crippen molar-refractivity contribution in [1.29, 1.82) is 0 Å². The quantitative estimate of drug-likeness (QED) is 0.587. The van der Waals surface area contributed by atoms with E-state index in [0.717, 1.165) is 0 Å². The molecule has 1 amide bonds. The third kappa shape index (κ3) is 5.61. The predicted octanol–water partition coefficient (Wildman–Crippen LogP) is 2.42. The Kier molecular flexibility index (Phi) is 6.15. The van der Waals surface area contributed by atoms with E-state index in [1.54, 1.807) is 25.3 Å². The Morgan fingerprint density at radius 1 is 1.42 bits per heavy atom. The Morgan fingerprint density at radius 2 is 2.16 bits per heavy atom. The number of nitrogens with one attached hydrogen (secondary N) is 1. The van der Waals surface area contributed by atoms with Gasteiger partial charge in [-0.05, 0) is 32.4 Å². The Bertz CT molecular complexity index is 419. The minimum atomic E-state index is -0.0598. The molecule has 0 bridgehead atoms. The van der Waals surface area contributed by atoms with Crippen LogP contribution in [-0.4, -0.2) is 25.7 Å². The first-order valence-corrected chi connectivity index (χ1v) is 6.38. The van der Waals surface area contributed by atoms with Gasteiger partial charge in [0.2, 0.25) is 5.91 Å². The van der Waals surface area contributed by atoms with Gasteiger partial charge in [0.1, 0.15) is 5.75 Å². The number of carbonyl (C=O) groups excluding carboxylic acids is 1. The van der Waals surface area contributed by atoms with Crippen molar-refractivity contribution >= 4 is 17.3 Å². The van der Waals surface area contributed by atoms with Gasteiger partial charge in [0.05, 0.1) is 18.9 Å². The third-order valence-electron chi connectivity index (χ3n) is 2.50. The van der Waals surface area contributed by atoms with Crippen LogP contribution >= 0.6 is 0 Å². The van der Waals surface area contributed by atoms with Gasteiger partial charge in [-0.2, -0.15) is 0 Å². The molecule has 19 heavy (non-hydrogen) atoms. The normalized spacial score (nSPS) is 10.5. The molecule has 0 unspecified atom stereocenters. The monoisotopic (exact) mass is 266 g/mol. The molecule has 1 rings (SSSR count). The van der Waals surface area contributed by atoms with Gasteiger partial charge in [0.25, 0.3) is 0 Å². The van der Waals surface area contributed by atoms with E-state index in [4.69, 9.17) is 15.2 Å². The number of amides is 1. The van der Waals surface area contributed by atoms with E-state index in [1.807, 2.05) is 13.8 Å². The number of nitrogen functional groups attached to an aromatic ring is 1. The number of benzene rings is 1. The average Bonchev–Trinajstić information content (AvgIpc) is 2.36. The minimum absolute atomic E-state index is 0.0598. The molecule has 0 saturated heterocycles. The van der Waals surface area contributed by atoms with Crippen molar-refractivity contribution in [3.05, 3.63) is 18.2 Å². The van der Waals surface area contributed by atoms with E-state index in [-0.39, 0.29) is 12.0 Å². The summed E-state index contributed by atoms with van der Waals surface area (Å²) in [6.07, 6.45) is 1.31. The lowest BCUT2D eigenvalue weighted by molar-refractivity contribution is -0.116. The van der Waals surface area contributed by atoms with Crippen LogP contribution < -0.4 is 15.8 Å². The highest BCUT2D eigenvalue weighted by Crippen LogP contribution is 2.26. The highest BCUT2D eigenvalue weighted by molar-refractivity contribution is 5.92. The van der Waals surface area contributed by atoms with Crippen LogP contribution in [0.15, 0.2) is 18.2 Å². The molecule has 0 aliphatic heterocycles. The molecule has 5 heteroatoms. The van der Waals surface area contributed by atoms with Gasteiger partial charge in [0, 0.05) is 24.8 Å². The number of nitrogens with two attached hydrogens (primary N) is 1. The topological polar surface area (TPSA) is 73.6 Å². The fraction of sp³-hybridized carbons (Fsp3) is 0.500. The summed E-state index contributed by atoms with van der Waals surface area (Å²) in [5.74, 6) is 0.502. The lowest BCUT2D eigenvalue weighted by Gasteiger charge is -2.11. The summed E-state index contributed by atoms with van der Waals surface area (Å²) in [6, 6.07) is 5.13. The fourth-order valence-electron chi connectivity index (χ4n) is 1.58. The summed E-state index contributed by atoms with van der Waals surface area (Å²) < 4.78 is 10.5. The van der Waals surface area contributed by atoms with E-state index < -0.39 is 0 Å². The highest BCUT2D eigenvalue weighted by Gasteiger charge is 2.07. The second-order valence-electron chi connectivity index (χ2n) is 4.53. The molecule has 3 N–H and O–H groups in total. The molecule has 1 aromatic rings. The molecule has 0 saturated carbocycles. The molecule has 0 aromatic heterocycles. The van der Waals surface area contributed by atoms with Crippen molar-refractivity contribution in [3.8, 4) is 5.75 Å². The number of hydrogen-bond donors (Lipinski definition) is 2. The lowest BCUT2D eigenvalue weighted by atomic mass is 10.2. The smallest absolute Gasteiger partial charge is 0.224 e. The standard InChI is InChI=1S/C14H22N2O3/c1-10(2)19-8-4-5-14(17)16-12-7-6-11(15)9-13(12)18-3/h6-7,9-10H,4-5,8,15H2,1-3H3,(H,16,17). The van der Waals surface area contributed by atoms with Gasteiger partial charge < -0.3 is 20.5 Å². The van der Waals surface area contributed by atoms with Crippen molar-refractivity contribution in [1.82, 2.24) is 0 Å². The minimum Gasteiger partial charge on any atom is -0.494 e. The maximum atomic E-state index is 11.8. The van der Waals surface area contributed by atoms with Gasteiger partial charge in [-0.3, -0.25) is 4.79 Å². The number of hydrogen-bond acceptors (Lipinski definition) is 4. The number of ether oxygens (including phenoxy) is 2. The maximum absolute atomic E-state index is 11.8. The van der Waals surface area contributed by atoms with Crippen LogP contribution in [0.5, 0.6) is 5.75 Å². The second kappa shape index (κ2) is 7.63. The van der Waals surface area contributed by atoms with Crippen molar-refractivity contribution in [2.24, 2.45) is 0 Å². The Labute approximate surface area is 114 Å². The van der Waals surface area contributed by atoms with Crippen LogP contribution in [0.25, 0.3) is 0 Å². The van der Waals surface area contributed by atoms with Crippen molar-refractivity contribution in [2.45, 2.75) is 32.8 Å². The molecule has 0 atom stereocenters. The fourth-order valence-corrected chi connectivity index (χ4v) is 1.58. The van der Waals surface area contributed by atoms with Gasteiger partial charge in [-0.15, -0.1) is 0 Å². The zero-order chi connectivity index (χ0) is 14.3. The highest BCUT2D eigenvalue weighted by atomic mass is 16.5. The van der Waals surface area contributed by atoms with Crippen LogP contribution in [0.3, 0.4) is 0 Å². The van der Waals surface area contributed by atoms with Crippen molar-refractivity contribution < 1.29 is 14.3 Å². The van der Waals surface area contributed by atoms with E-state index in [2.05, 4.69) is 5.32 Å². The summed E-state index contributed by atoms with van der Waals surface area (Å²) in [7, 11) is 1.54. The zero-order valence-corrected chi connectivity index (χ0v) is 11.7. The lowest BCUT2D eigenvalue weighted by Crippen LogP contribution is -2.14. The van der Waals surface area contributed by atoms with Gasteiger partial charge >= 0.3 is 0 Å². The summed E-state index contributed by atoms with van der Waals surface area (Å²) in [4.78, 5) is 11.8. The molecule has 0 radical (unpaired) electrons. The molecule has 0 aliphatic rings. The number of methoxy groups -OCH3 is 1.